The lowest BCUT2D eigenvalue weighted by Crippen LogP contribution is -2.50. The third-order valence-electron chi connectivity index (χ3n) is 12.1. The Morgan fingerprint density at radius 1 is 0.425 bits per heavy atom. The first-order valence-electron chi connectivity index (χ1n) is 24.5. The van der Waals surface area contributed by atoms with E-state index in [9.17, 15) is 33.6 Å². The summed E-state index contributed by atoms with van der Waals surface area (Å²) in [5.41, 5.74) is 0.219. The largest absolute Gasteiger partial charge is 0.459 e. The predicted octanol–water partition coefficient (Wildman–Crippen LogP) is 8.73. The highest BCUT2D eigenvalue weighted by Gasteiger charge is 2.59. The maximum atomic E-state index is 14.4. The molecule has 8 rings (SSSR count). The monoisotopic (exact) mass is 1150 g/mol. The van der Waals surface area contributed by atoms with Gasteiger partial charge in [0, 0.05) is 6.92 Å². The van der Waals surface area contributed by atoms with Crippen molar-refractivity contribution in [2.24, 2.45) is 0 Å². The maximum Gasteiger partial charge on any atom is 0.338 e. The van der Waals surface area contributed by atoms with E-state index in [0.29, 0.717) is 0 Å². The van der Waals surface area contributed by atoms with E-state index in [1.165, 1.54) is 72.8 Å². The number of benzene rings is 6. The number of ether oxygens (including phenoxy) is 11. The minimum atomic E-state index is -2.52. The number of esters is 7. The molecule has 2 aliphatic rings. The van der Waals surface area contributed by atoms with Crippen molar-refractivity contribution in [3.8, 4) is 0 Å². The van der Waals surface area contributed by atoms with E-state index in [0.717, 1.165) is 6.92 Å². The summed E-state index contributed by atoms with van der Waals surface area (Å²) in [6, 6.07) is 46.1. The fourth-order valence-corrected chi connectivity index (χ4v) is 8.42. The van der Waals surface area contributed by atoms with Crippen LogP contribution >= 0.6 is 34.8 Å². The van der Waals surface area contributed by atoms with E-state index in [4.69, 9.17) is 92.3 Å². The molecule has 6 aromatic rings. The van der Waals surface area contributed by atoms with Crippen molar-refractivity contribution >= 4 is 82.5 Å². The first-order valence-corrected chi connectivity index (χ1v) is 25.6. The smallest absolute Gasteiger partial charge is 0.338 e. The summed E-state index contributed by atoms with van der Waals surface area (Å²) in [4.78, 5) is 97.2. The second-order valence-electron chi connectivity index (χ2n) is 17.6. The third kappa shape index (κ3) is 15.1. The van der Waals surface area contributed by atoms with E-state index in [1.54, 1.807) is 109 Å². The molecule has 19 nitrogen and oxygen atoms in total. The van der Waals surface area contributed by atoms with E-state index < -0.39 is 126 Å². The van der Waals surface area contributed by atoms with Gasteiger partial charge in [0.05, 0.1) is 33.4 Å². The summed E-state index contributed by atoms with van der Waals surface area (Å²) >= 11 is 18.1. The second-order valence-corrected chi connectivity index (χ2v) is 19.9. The molecule has 0 unspecified atom stereocenters. The minimum absolute atomic E-state index is 0.00110. The Bertz CT molecular complexity index is 3100. The highest BCUT2D eigenvalue weighted by atomic mass is 35.6. The van der Waals surface area contributed by atoms with Crippen LogP contribution in [-0.2, 0) is 56.9 Å². The molecule has 0 aromatic heterocycles. The summed E-state index contributed by atoms with van der Waals surface area (Å²) in [5.74, 6) is -7.77. The van der Waals surface area contributed by atoms with Gasteiger partial charge in [0.15, 0.2) is 30.7 Å². The molecule has 0 aliphatic carbocycles. The lowest BCUT2D eigenvalue weighted by molar-refractivity contribution is -0.238. The van der Waals surface area contributed by atoms with Crippen LogP contribution in [0.3, 0.4) is 0 Å². The van der Waals surface area contributed by atoms with E-state index in [-0.39, 0.29) is 33.4 Å². The number of alkyl halides is 3. The second kappa shape index (κ2) is 27.1. The fraction of sp³-hybridized carbons (Fsp3) is 0.241. The van der Waals surface area contributed by atoms with Crippen molar-refractivity contribution < 1.29 is 85.7 Å². The molecule has 22 heteroatoms. The lowest BCUT2D eigenvalue weighted by atomic mass is 10.0. The van der Waals surface area contributed by atoms with Crippen LogP contribution in [0.4, 0.5) is 0 Å². The number of nitrogens with one attached hydrogen (secondary N) is 1. The Hall–Kier alpha value is -8.17. The number of carbonyl (C=O) groups excluding carboxylic acids is 7. The SMILES string of the molecule is CC(=O)O[C@H]1[C@H](OC(=N)C(Cl)(Cl)Cl)O[C@@H]([C@@H](COC(=O)c2ccccc2)O[C@@H]2O[C@@H]([C@@H](COC(=O)c3ccccc3)OC(=O)c3ccccc3)[C@H](OC(=O)c3ccccc3)[C@H]2OC(=O)c2ccccc2)[C@@H]1OC(=O)c1ccccc1. The van der Waals surface area contributed by atoms with Crippen LogP contribution < -0.4 is 0 Å². The summed E-state index contributed by atoms with van der Waals surface area (Å²) in [5, 5.41) is 8.46. The van der Waals surface area contributed by atoms with Crippen molar-refractivity contribution in [1.82, 2.24) is 0 Å². The van der Waals surface area contributed by atoms with Crippen molar-refractivity contribution in [2.75, 3.05) is 13.2 Å². The number of carbonyl (C=O) groups is 7. The Kier molecular flexibility index (Phi) is 19.7. The Balaban J connectivity index is 1.26. The highest BCUT2D eigenvalue weighted by Crippen LogP contribution is 2.39. The zero-order valence-electron chi connectivity index (χ0n) is 42.0. The van der Waals surface area contributed by atoms with E-state index in [1.807, 2.05) is 0 Å². The lowest BCUT2D eigenvalue weighted by Gasteiger charge is -2.31. The maximum absolute atomic E-state index is 14.4. The van der Waals surface area contributed by atoms with Gasteiger partial charge in [0.25, 0.3) is 3.79 Å². The Morgan fingerprint density at radius 3 is 1.11 bits per heavy atom. The zero-order chi connectivity index (χ0) is 56.8. The quantitative estimate of drug-likeness (QED) is 0.0247. The zero-order valence-corrected chi connectivity index (χ0v) is 44.3. The van der Waals surface area contributed by atoms with Gasteiger partial charge in [-0.2, -0.15) is 0 Å². The minimum Gasteiger partial charge on any atom is -0.459 e. The molecule has 414 valence electrons. The van der Waals surface area contributed by atoms with Crippen LogP contribution in [0.2, 0.25) is 0 Å². The molecule has 10 atom stereocenters. The van der Waals surface area contributed by atoms with Gasteiger partial charge in [0.2, 0.25) is 18.3 Å². The predicted molar refractivity (Wildman–Crippen MR) is 283 cm³/mol. The molecule has 0 amide bonds. The van der Waals surface area contributed by atoms with Gasteiger partial charge in [-0.15, -0.1) is 0 Å². The summed E-state index contributed by atoms with van der Waals surface area (Å²) in [6.07, 6.45) is -18.5. The van der Waals surface area contributed by atoms with Crippen molar-refractivity contribution in [1.29, 1.82) is 5.41 Å². The van der Waals surface area contributed by atoms with Gasteiger partial charge in [0.1, 0.15) is 31.5 Å². The Labute approximate surface area is 472 Å². The van der Waals surface area contributed by atoms with E-state index >= 15 is 0 Å². The van der Waals surface area contributed by atoms with Crippen molar-refractivity contribution in [3.05, 3.63) is 215 Å². The average Bonchev–Trinajstić information content (AvgIpc) is 3.99. The van der Waals surface area contributed by atoms with Gasteiger partial charge < -0.3 is 52.1 Å². The summed E-state index contributed by atoms with van der Waals surface area (Å²) in [6.45, 7) is -0.621. The van der Waals surface area contributed by atoms with Crippen LogP contribution in [0.15, 0.2) is 182 Å². The first-order chi connectivity index (χ1) is 38.5. The number of hydrogen-bond acceptors (Lipinski definition) is 19. The molecule has 80 heavy (non-hydrogen) atoms. The van der Waals surface area contributed by atoms with E-state index in [2.05, 4.69) is 0 Å². The van der Waals surface area contributed by atoms with Crippen molar-refractivity contribution in [3.63, 3.8) is 0 Å². The Morgan fingerprint density at radius 2 is 0.738 bits per heavy atom. The van der Waals surface area contributed by atoms with Gasteiger partial charge in [-0.05, 0) is 72.8 Å². The van der Waals surface area contributed by atoms with Gasteiger partial charge >= 0.3 is 41.8 Å². The standard InChI is InChI=1S/C58H48Cl3NO18/c1-34(63)72-47-45(75-52(67)38-26-14-5-15-27-38)44(79-56(47)80-57(62)58(59,60)61)42(33-71-50(65)36-22-10-3-11-23-36)74-55-48(77-54(69)40-30-18-7-19-31-40)46(76-53(68)39-28-16-6-17-29-39)43(78-55)41(73-51(66)37-24-12-4-13-25-37)32-70-49(64)35-20-8-2-9-21-35/h2-31,41-48,55-56,62H,32-33H2,1H3/t41-,42-,43+,44+,45+,46+,47-,48-,55-,56+/m1/s1. The van der Waals surface area contributed by atoms with Gasteiger partial charge in [-0.25, -0.2) is 28.8 Å². The topological polar surface area (TPSA) is 245 Å². The molecular formula is C58H48Cl3NO18. The molecule has 2 heterocycles. The number of hydrogen-bond donors (Lipinski definition) is 1. The molecule has 0 radical (unpaired) electrons. The molecular weight excluding hydrogens is 1100 g/mol. The van der Waals surface area contributed by atoms with Gasteiger partial charge in [-0.1, -0.05) is 144 Å². The normalized spacial score (nSPS) is 21.1. The highest BCUT2D eigenvalue weighted by molar-refractivity contribution is 6.76. The first kappa shape index (κ1) is 58.0. The van der Waals surface area contributed by atoms with Crippen LogP contribution in [-0.4, -0.2) is 126 Å². The van der Waals surface area contributed by atoms with Crippen LogP contribution in [0.5, 0.6) is 0 Å². The molecule has 6 aromatic carbocycles. The third-order valence-corrected chi connectivity index (χ3v) is 12.6. The van der Waals surface area contributed by atoms with Crippen molar-refractivity contribution in [2.45, 2.75) is 72.1 Å². The van der Waals surface area contributed by atoms with Gasteiger partial charge in [-0.3, -0.25) is 10.2 Å². The summed E-state index contributed by atoms with van der Waals surface area (Å²) < 4.78 is 64.7. The molecule has 1 N–H and O–H groups in total. The summed E-state index contributed by atoms with van der Waals surface area (Å²) in [7, 11) is 0. The molecule has 0 bridgehead atoms. The number of rotatable bonds is 20. The molecule has 2 saturated heterocycles. The fourth-order valence-electron chi connectivity index (χ4n) is 8.28. The van der Waals surface area contributed by atoms with Crippen LogP contribution in [0.1, 0.15) is 69.1 Å². The number of halogens is 3. The van der Waals surface area contributed by atoms with Crippen LogP contribution in [0, 0.1) is 5.41 Å². The molecule has 2 aliphatic heterocycles. The van der Waals surface area contributed by atoms with Crippen LogP contribution in [0.25, 0.3) is 0 Å². The molecule has 2 fully saturated rings. The average molecular weight is 1150 g/mol. The molecule has 0 spiro atoms. The molecule has 0 saturated carbocycles.